The highest BCUT2D eigenvalue weighted by atomic mass is 32.2. The molecule has 0 aliphatic carbocycles. The second-order valence-electron chi connectivity index (χ2n) is 10.5. The quantitative estimate of drug-likeness (QED) is 0.468. The predicted octanol–water partition coefficient (Wildman–Crippen LogP) is 2.79. The van der Waals surface area contributed by atoms with Crippen LogP contribution in [0.3, 0.4) is 0 Å². The summed E-state index contributed by atoms with van der Waals surface area (Å²) in [5.74, 6) is -1.90. The summed E-state index contributed by atoms with van der Waals surface area (Å²) in [4.78, 5) is 45.1. The number of cyclic esters (lactones) is 1. The van der Waals surface area contributed by atoms with Gasteiger partial charge < -0.3 is 19.6 Å². The Morgan fingerprint density at radius 2 is 1.92 bits per heavy atom. The summed E-state index contributed by atoms with van der Waals surface area (Å²) in [5, 5.41) is 10.1. The van der Waals surface area contributed by atoms with E-state index in [1.807, 2.05) is 68.5 Å². The molecule has 4 aliphatic rings. The van der Waals surface area contributed by atoms with Gasteiger partial charge in [0.05, 0.1) is 35.8 Å². The van der Waals surface area contributed by atoms with Gasteiger partial charge in [-0.1, -0.05) is 68.5 Å². The highest BCUT2D eigenvalue weighted by molar-refractivity contribution is 8.02. The summed E-state index contributed by atoms with van der Waals surface area (Å²) in [7, 11) is 0. The van der Waals surface area contributed by atoms with E-state index in [-0.39, 0.29) is 42.2 Å². The molecule has 0 bridgehead atoms. The van der Waals surface area contributed by atoms with Gasteiger partial charge in [0.1, 0.15) is 6.04 Å². The Morgan fingerprint density at radius 3 is 2.64 bits per heavy atom. The predicted molar refractivity (Wildman–Crippen MR) is 138 cm³/mol. The maximum Gasteiger partial charge on any atom is 0.311 e. The summed E-state index contributed by atoms with van der Waals surface area (Å²) in [6.07, 6.45) is 9.20. The average molecular weight is 511 g/mol. The first-order valence-electron chi connectivity index (χ1n) is 12.8. The molecule has 0 saturated carbocycles. The lowest BCUT2D eigenvalue weighted by Gasteiger charge is -2.39. The second kappa shape index (κ2) is 10.1. The first-order chi connectivity index (χ1) is 17.4. The first kappa shape index (κ1) is 25.1. The minimum atomic E-state index is -0.896. The molecule has 2 fully saturated rings. The third-order valence-corrected chi connectivity index (χ3v) is 9.45. The third kappa shape index (κ3) is 4.18. The zero-order valence-electron chi connectivity index (χ0n) is 20.8. The Kier molecular flexibility index (Phi) is 7.01. The van der Waals surface area contributed by atoms with Gasteiger partial charge in [0.2, 0.25) is 11.8 Å². The van der Waals surface area contributed by atoms with E-state index < -0.39 is 28.7 Å². The number of nitrogens with zero attached hydrogens (tertiary/aromatic N) is 2. The van der Waals surface area contributed by atoms with Crippen LogP contribution in [0.1, 0.15) is 32.3 Å². The maximum absolute atomic E-state index is 14.3. The summed E-state index contributed by atoms with van der Waals surface area (Å²) in [6.45, 7) is 4.98. The molecular weight excluding hydrogens is 476 g/mol. The van der Waals surface area contributed by atoms with Gasteiger partial charge in [0.25, 0.3) is 0 Å². The highest BCUT2D eigenvalue weighted by Crippen LogP contribution is 2.61. The molecule has 0 radical (unpaired) electrons. The van der Waals surface area contributed by atoms with E-state index in [2.05, 4.69) is 0 Å². The van der Waals surface area contributed by atoms with E-state index in [1.165, 1.54) is 11.8 Å². The van der Waals surface area contributed by atoms with E-state index in [9.17, 15) is 19.5 Å². The topological polar surface area (TPSA) is 87.2 Å². The number of amides is 2. The lowest BCUT2D eigenvalue weighted by molar-refractivity contribution is -0.153. The van der Waals surface area contributed by atoms with Crippen molar-refractivity contribution in [1.82, 2.24) is 9.80 Å². The van der Waals surface area contributed by atoms with E-state index in [0.717, 1.165) is 5.56 Å². The number of aliphatic hydroxyl groups is 1. The van der Waals surface area contributed by atoms with E-state index in [4.69, 9.17) is 4.74 Å². The smallest absolute Gasteiger partial charge is 0.311 e. The van der Waals surface area contributed by atoms with Crippen molar-refractivity contribution in [2.24, 2.45) is 17.8 Å². The van der Waals surface area contributed by atoms with Crippen LogP contribution in [-0.4, -0.2) is 74.5 Å². The van der Waals surface area contributed by atoms with Crippen LogP contribution in [0.4, 0.5) is 0 Å². The number of benzene rings is 1. The van der Waals surface area contributed by atoms with Crippen LogP contribution in [0.15, 0.2) is 54.6 Å². The van der Waals surface area contributed by atoms with Gasteiger partial charge in [0.15, 0.2) is 0 Å². The van der Waals surface area contributed by atoms with Crippen molar-refractivity contribution in [3.05, 3.63) is 60.2 Å². The zero-order valence-corrected chi connectivity index (χ0v) is 21.6. The van der Waals surface area contributed by atoms with Crippen LogP contribution in [0.25, 0.3) is 0 Å². The van der Waals surface area contributed by atoms with Gasteiger partial charge in [-0.25, -0.2) is 0 Å². The molecule has 36 heavy (non-hydrogen) atoms. The van der Waals surface area contributed by atoms with Crippen molar-refractivity contribution < 1.29 is 24.2 Å². The van der Waals surface area contributed by atoms with Crippen molar-refractivity contribution in [2.75, 3.05) is 19.8 Å². The molecule has 1 spiro atoms. The van der Waals surface area contributed by atoms with Crippen molar-refractivity contribution >= 4 is 29.5 Å². The van der Waals surface area contributed by atoms with Gasteiger partial charge in [0, 0.05) is 18.3 Å². The Morgan fingerprint density at radius 1 is 1.14 bits per heavy atom. The number of rotatable bonds is 6. The number of thioether (sulfide) groups is 1. The number of ether oxygens (including phenoxy) is 1. The van der Waals surface area contributed by atoms with Crippen LogP contribution < -0.4 is 0 Å². The number of carbonyl (C=O) groups is 3. The normalized spacial score (nSPS) is 32.5. The number of fused-ring (bicyclic) bond motifs is 2. The molecule has 8 heteroatoms. The van der Waals surface area contributed by atoms with Crippen LogP contribution in [-0.2, 0) is 25.7 Å². The van der Waals surface area contributed by atoms with Crippen molar-refractivity contribution in [3.8, 4) is 0 Å². The standard InChI is InChI=1S/C28H34N2O5S/c1-18(2)15-20(17-31)30-24-26(33)29(16-19-9-4-3-5-10-19)13-8-12-28(24)23(25(30)32)22-21(36-28)11-6-7-14-35-27(22)34/h3-6,8-12,18,20-24,31H,7,13-17H2,1-2H3/t20-,21-,22+,23+,24?,28+/m1/s1. The average Bonchev–Trinajstić information content (AvgIpc) is 3.24. The monoisotopic (exact) mass is 510 g/mol. The summed E-state index contributed by atoms with van der Waals surface area (Å²) < 4.78 is 4.64. The number of hydrogen-bond donors (Lipinski definition) is 1. The molecule has 2 amide bonds. The molecule has 4 aliphatic heterocycles. The van der Waals surface area contributed by atoms with Gasteiger partial charge in [-0.3, -0.25) is 14.4 Å². The van der Waals surface area contributed by atoms with E-state index in [0.29, 0.717) is 25.9 Å². The minimum absolute atomic E-state index is 0.138. The Balaban J connectivity index is 1.60. The SMILES string of the molecule is CC(C)C[C@H](CO)N1C(=O)[C@@H]2[C@H]3C(=O)OCCC=C[C@H]3S[C@@]23C=CCN(Cc2ccccc2)C(=O)C13. The molecule has 192 valence electrons. The molecule has 4 heterocycles. The molecule has 6 atom stereocenters. The van der Waals surface area contributed by atoms with Crippen LogP contribution in [0.2, 0.25) is 0 Å². The molecule has 2 saturated heterocycles. The highest BCUT2D eigenvalue weighted by Gasteiger charge is 2.71. The molecule has 1 N–H and O–H groups in total. The van der Waals surface area contributed by atoms with E-state index >= 15 is 0 Å². The van der Waals surface area contributed by atoms with Crippen LogP contribution >= 0.6 is 11.8 Å². The molecular formula is C28H34N2O5S. The molecule has 7 nitrogen and oxygen atoms in total. The van der Waals surface area contributed by atoms with Gasteiger partial charge >= 0.3 is 5.97 Å². The summed E-state index contributed by atoms with van der Waals surface area (Å²) >= 11 is 1.54. The molecule has 1 aromatic carbocycles. The summed E-state index contributed by atoms with van der Waals surface area (Å²) in [5.41, 5.74) is 1.01. The molecule has 5 rings (SSSR count). The third-order valence-electron chi connectivity index (χ3n) is 7.71. The minimum Gasteiger partial charge on any atom is -0.465 e. The lowest BCUT2D eigenvalue weighted by Crippen LogP contribution is -2.56. The van der Waals surface area contributed by atoms with Crippen molar-refractivity contribution in [1.29, 1.82) is 0 Å². The van der Waals surface area contributed by atoms with Gasteiger partial charge in [-0.2, -0.15) is 0 Å². The number of likely N-dealkylation sites (tertiary alicyclic amines) is 1. The van der Waals surface area contributed by atoms with Gasteiger partial charge in [-0.15, -0.1) is 11.8 Å². The lowest BCUT2D eigenvalue weighted by atomic mass is 9.78. The Labute approximate surface area is 216 Å². The Bertz CT molecular complexity index is 1070. The van der Waals surface area contributed by atoms with Gasteiger partial charge in [-0.05, 0) is 24.3 Å². The van der Waals surface area contributed by atoms with Crippen LogP contribution in [0.5, 0.6) is 0 Å². The number of hydrogen-bond acceptors (Lipinski definition) is 6. The summed E-state index contributed by atoms with van der Waals surface area (Å²) in [6, 6.07) is 8.51. The van der Waals surface area contributed by atoms with Crippen molar-refractivity contribution in [3.63, 3.8) is 0 Å². The maximum atomic E-state index is 14.3. The first-order valence-corrected chi connectivity index (χ1v) is 13.7. The Hall–Kier alpha value is -2.58. The number of esters is 1. The largest absolute Gasteiger partial charge is 0.465 e. The number of carbonyl (C=O) groups excluding carboxylic acids is 3. The van der Waals surface area contributed by atoms with Crippen molar-refractivity contribution in [2.45, 2.75) is 55.3 Å². The van der Waals surface area contributed by atoms with E-state index in [1.54, 1.807) is 9.80 Å². The second-order valence-corrected chi connectivity index (χ2v) is 12.0. The molecule has 1 unspecified atom stereocenters. The molecule has 1 aromatic rings. The van der Waals surface area contributed by atoms with Crippen LogP contribution in [0, 0.1) is 17.8 Å². The molecule has 0 aromatic heterocycles. The number of aliphatic hydroxyl groups excluding tert-OH is 1. The fourth-order valence-electron chi connectivity index (χ4n) is 6.25. The zero-order chi connectivity index (χ0) is 25.4. The fourth-order valence-corrected chi connectivity index (χ4v) is 8.24. The fraction of sp³-hybridized carbons (Fsp3) is 0.536.